The highest BCUT2D eigenvalue weighted by atomic mass is 19.1. The number of aliphatic hydroxyl groups excluding tert-OH is 1. The summed E-state index contributed by atoms with van der Waals surface area (Å²) in [6.45, 7) is 0.156. The largest absolute Gasteiger partial charge is 0.386 e. The lowest BCUT2D eigenvalue weighted by Gasteiger charge is -2.13. The number of hydrogen-bond acceptors (Lipinski definition) is 2. The molecule has 5 heteroatoms. The summed E-state index contributed by atoms with van der Waals surface area (Å²) in [4.78, 5) is 4.20. The van der Waals surface area contributed by atoms with Gasteiger partial charge >= 0.3 is 0 Å². The van der Waals surface area contributed by atoms with Crippen LogP contribution in [0.2, 0.25) is 0 Å². The number of aromatic nitrogens is 2. The Morgan fingerprint density at radius 1 is 1.15 bits per heavy atom. The normalized spacial score (nSPS) is 12.8. The van der Waals surface area contributed by atoms with Gasteiger partial charge in [0.1, 0.15) is 11.6 Å². The molecule has 0 aliphatic rings. The van der Waals surface area contributed by atoms with Gasteiger partial charge in [0.05, 0.1) is 30.0 Å². The standard InChI is InChI=1S/C15H12F2N2O/c16-10-5-6-11(12(17)7-10)15(20)8-19-9-18-13-3-1-2-4-14(13)19/h1-7,9,15,20H,8H2/t15-/m1/s1. The van der Waals surface area contributed by atoms with Crippen molar-refractivity contribution < 1.29 is 13.9 Å². The second-order valence-electron chi connectivity index (χ2n) is 4.57. The van der Waals surface area contributed by atoms with Crippen LogP contribution in [0.15, 0.2) is 48.8 Å². The van der Waals surface area contributed by atoms with Crippen molar-refractivity contribution in [1.82, 2.24) is 9.55 Å². The van der Waals surface area contributed by atoms with E-state index in [1.54, 1.807) is 10.9 Å². The van der Waals surface area contributed by atoms with Crippen molar-refractivity contribution >= 4 is 11.0 Å². The van der Waals surface area contributed by atoms with Gasteiger partial charge in [-0.3, -0.25) is 0 Å². The fraction of sp³-hybridized carbons (Fsp3) is 0.133. The van der Waals surface area contributed by atoms with Crippen LogP contribution >= 0.6 is 0 Å². The van der Waals surface area contributed by atoms with Crippen molar-refractivity contribution in [2.24, 2.45) is 0 Å². The molecule has 1 N–H and O–H groups in total. The predicted molar refractivity (Wildman–Crippen MR) is 71.1 cm³/mol. The van der Waals surface area contributed by atoms with Gasteiger partial charge in [-0.25, -0.2) is 13.8 Å². The van der Waals surface area contributed by atoms with Crippen LogP contribution in [0, 0.1) is 11.6 Å². The van der Waals surface area contributed by atoms with E-state index < -0.39 is 17.7 Å². The number of halogens is 2. The van der Waals surface area contributed by atoms with Crippen LogP contribution in [0.25, 0.3) is 11.0 Å². The first-order valence-corrected chi connectivity index (χ1v) is 6.18. The Balaban J connectivity index is 1.90. The average Bonchev–Trinajstić information content (AvgIpc) is 2.82. The molecule has 1 heterocycles. The first kappa shape index (κ1) is 12.7. The number of aliphatic hydroxyl groups is 1. The van der Waals surface area contributed by atoms with Gasteiger partial charge < -0.3 is 9.67 Å². The molecule has 0 saturated heterocycles. The van der Waals surface area contributed by atoms with Crippen molar-refractivity contribution in [3.05, 3.63) is 66.0 Å². The summed E-state index contributed by atoms with van der Waals surface area (Å²) in [6, 6.07) is 10.6. The predicted octanol–water partition coefficient (Wildman–Crippen LogP) is 3.05. The van der Waals surface area contributed by atoms with Gasteiger partial charge in [-0.1, -0.05) is 18.2 Å². The maximum atomic E-state index is 13.6. The van der Waals surface area contributed by atoms with Crippen LogP contribution < -0.4 is 0 Å². The Kier molecular flexibility index (Phi) is 3.20. The molecule has 1 atom stereocenters. The van der Waals surface area contributed by atoms with Crippen molar-refractivity contribution in [2.75, 3.05) is 0 Å². The van der Waals surface area contributed by atoms with Crippen molar-refractivity contribution in [2.45, 2.75) is 12.6 Å². The van der Waals surface area contributed by atoms with E-state index in [1.165, 1.54) is 6.07 Å². The van der Waals surface area contributed by atoms with Gasteiger partial charge in [-0.05, 0) is 18.2 Å². The summed E-state index contributed by atoms with van der Waals surface area (Å²) in [6.07, 6.45) is 0.531. The minimum atomic E-state index is -1.06. The SMILES string of the molecule is O[C@H](Cn1cnc2ccccc21)c1ccc(F)cc1F. The van der Waals surface area contributed by atoms with Crippen molar-refractivity contribution in [1.29, 1.82) is 0 Å². The van der Waals surface area contributed by atoms with E-state index in [2.05, 4.69) is 4.98 Å². The van der Waals surface area contributed by atoms with E-state index in [-0.39, 0.29) is 12.1 Å². The van der Waals surface area contributed by atoms with Crippen LogP contribution in [0.3, 0.4) is 0 Å². The number of rotatable bonds is 3. The van der Waals surface area contributed by atoms with E-state index in [1.807, 2.05) is 24.3 Å². The summed E-state index contributed by atoms with van der Waals surface area (Å²) in [5.41, 5.74) is 1.73. The zero-order valence-electron chi connectivity index (χ0n) is 10.5. The molecular formula is C15H12F2N2O. The third kappa shape index (κ3) is 2.28. The molecule has 0 bridgehead atoms. The monoisotopic (exact) mass is 274 g/mol. The molecule has 0 saturated carbocycles. The fourth-order valence-corrected chi connectivity index (χ4v) is 2.21. The molecule has 3 rings (SSSR count). The molecule has 1 aromatic heterocycles. The van der Waals surface area contributed by atoms with Crippen LogP contribution in [-0.2, 0) is 6.54 Å². The number of hydrogen-bond donors (Lipinski definition) is 1. The molecular weight excluding hydrogens is 262 g/mol. The van der Waals surface area contributed by atoms with E-state index in [0.717, 1.165) is 23.2 Å². The molecule has 2 aromatic carbocycles. The Bertz CT molecular complexity index is 754. The third-order valence-corrected chi connectivity index (χ3v) is 3.22. The Labute approximate surface area is 114 Å². The Morgan fingerprint density at radius 2 is 1.95 bits per heavy atom. The second kappa shape index (κ2) is 5.02. The fourth-order valence-electron chi connectivity index (χ4n) is 2.21. The van der Waals surface area contributed by atoms with E-state index in [0.29, 0.717) is 0 Å². The van der Waals surface area contributed by atoms with E-state index >= 15 is 0 Å². The minimum absolute atomic E-state index is 0.0733. The lowest BCUT2D eigenvalue weighted by atomic mass is 10.1. The van der Waals surface area contributed by atoms with Gasteiger partial charge in [0.15, 0.2) is 0 Å². The quantitative estimate of drug-likeness (QED) is 0.797. The number of para-hydroxylation sites is 2. The van der Waals surface area contributed by atoms with Crippen molar-refractivity contribution in [3.63, 3.8) is 0 Å². The van der Waals surface area contributed by atoms with Gasteiger partial charge in [-0.2, -0.15) is 0 Å². The molecule has 0 amide bonds. The lowest BCUT2D eigenvalue weighted by molar-refractivity contribution is 0.153. The molecule has 20 heavy (non-hydrogen) atoms. The van der Waals surface area contributed by atoms with Crippen molar-refractivity contribution in [3.8, 4) is 0 Å². The summed E-state index contributed by atoms with van der Waals surface area (Å²) < 4.78 is 28.2. The third-order valence-electron chi connectivity index (χ3n) is 3.22. The maximum absolute atomic E-state index is 13.6. The molecule has 0 aliphatic heterocycles. The number of imidazole rings is 1. The molecule has 0 unspecified atom stereocenters. The summed E-state index contributed by atoms with van der Waals surface area (Å²) >= 11 is 0. The van der Waals surface area contributed by atoms with Crippen LogP contribution in [0.1, 0.15) is 11.7 Å². The van der Waals surface area contributed by atoms with E-state index in [4.69, 9.17) is 0 Å². The number of nitrogens with zero attached hydrogens (tertiary/aromatic N) is 2. The highest BCUT2D eigenvalue weighted by Gasteiger charge is 2.15. The first-order chi connectivity index (χ1) is 9.65. The van der Waals surface area contributed by atoms with Gasteiger partial charge in [0, 0.05) is 11.6 Å². The smallest absolute Gasteiger partial charge is 0.131 e. The summed E-state index contributed by atoms with van der Waals surface area (Å²) in [7, 11) is 0. The zero-order valence-corrected chi connectivity index (χ0v) is 10.5. The highest BCUT2D eigenvalue weighted by Crippen LogP contribution is 2.21. The molecule has 102 valence electrons. The second-order valence-corrected chi connectivity index (χ2v) is 4.57. The minimum Gasteiger partial charge on any atom is -0.386 e. The topological polar surface area (TPSA) is 38.0 Å². The summed E-state index contributed by atoms with van der Waals surface area (Å²) in [5.74, 6) is -1.41. The number of benzene rings is 2. The molecule has 3 aromatic rings. The average molecular weight is 274 g/mol. The highest BCUT2D eigenvalue weighted by molar-refractivity contribution is 5.74. The molecule has 0 radical (unpaired) electrons. The van der Waals surface area contributed by atoms with Crippen LogP contribution in [0.5, 0.6) is 0 Å². The molecule has 0 aliphatic carbocycles. The first-order valence-electron chi connectivity index (χ1n) is 6.18. The number of fused-ring (bicyclic) bond motifs is 1. The van der Waals surface area contributed by atoms with Crippen LogP contribution in [0.4, 0.5) is 8.78 Å². The Hall–Kier alpha value is -2.27. The van der Waals surface area contributed by atoms with Crippen LogP contribution in [-0.4, -0.2) is 14.7 Å². The van der Waals surface area contributed by atoms with Gasteiger partial charge in [0.25, 0.3) is 0 Å². The van der Waals surface area contributed by atoms with Gasteiger partial charge in [0.2, 0.25) is 0 Å². The van der Waals surface area contributed by atoms with E-state index in [9.17, 15) is 13.9 Å². The maximum Gasteiger partial charge on any atom is 0.131 e. The molecule has 0 fully saturated rings. The molecule has 3 nitrogen and oxygen atoms in total. The molecule has 0 spiro atoms. The zero-order chi connectivity index (χ0) is 14.1. The van der Waals surface area contributed by atoms with Gasteiger partial charge in [-0.15, -0.1) is 0 Å². The Morgan fingerprint density at radius 3 is 2.75 bits per heavy atom. The summed E-state index contributed by atoms with van der Waals surface area (Å²) in [5, 5.41) is 10.1. The lowest BCUT2D eigenvalue weighted by Crippen LogP contribution is -2.09.